The van der Waals surface area contributed by atoms with Crippen LogP contribution in [0.4, 0.5) is 5.88 Å². The molecule has 0 atom stereocenters. The second-order valence-electron chi connectivity index (χ2n) is 6.07. The molecule has 1 amide bonds. The van der Waals surface area contributed by atoms with E-state index in [9.17, 15) is 13.2 Å². The maximum absolute atomic E-state index is 12.2. The topological polar surface area (TPSA) is 89.3 Å². The molecule has 24 heavy (non-hydrogen) atoms. The number of anilines is 1. The fraction of sp³-hybridized carbons (Fsp3) is 0.412. The van der Waals surface area contributed by atoms with Gasteiger partial charge in [-0.25, -0.2) is 8.42 Å². The molecule has 0 saturated heterocycles. The molecule has 6 nitrogen and oxygen atoms in total. The predicted octanol–water partition coefficient (Wildman–Crippen LogP) is 2.66. The molecule has 0 radical (unpaired) electrons. The summed E-state index contributed by atoms with van der Waals surface area (Å²) in [6.07, 6.45) is 3.14. The highest BCUT2D eigenvalue weighted by Crippen LogP contribution is 2.28. The van der Waals surface area contributed by atoms with Gasteiger partial charge < -0.3 is 4.52 Å². The summed E-state index contributed by atoms with van der Waals surface area (Å²) in [6.45, 7) is 1.90. The van der Waals surface area contributed by atoms with E-state index < -0.39 is 9.84 Å². The highest BCUT2D eigenvalue weighted by atomic mass is 32.2. The summed E-state index contributed by atoms with van der Waals surface area (Å²) in [4.78, 5) is 12.3. The molecule has 0 fully saturated rings. The zero-order valence-corrected chi connectivity index (χ0v) is 14.4. The lowest BCUT2D eigenvalue weighted by molar-refractivity contribution is -0.116. The number of carbonyl (C=O) groups is 1. The molecule has 0 spiro atoms. The molecule has 0 unspecified atom stereocenters. The third kappa shape index (κ3) is 3.67. The second-order valence-corrected chi connectivity index (χ2v) is 8.18. The van der Waals surface area contributed by atoms with E-state index in [1.165, 1.54) is 0 Å². The van der Waals surface area contributed by atoms with Crippen LogP contribution >= 0.6 is 0 Å². The summed E-state index contributed by atoms with van der Waals surface area (Å²) in [7, 11) is -3.36. The van der Waals surface area contributed by atoms with Gasteiger partial charge in [-0.05, 0) is 44.7 Å². The lowest BCUT2D eigenvalue weighted by atomic mass is 10.2. The first-order valence-corrected chi connectivity index (χ1v) is 9.67. The Balaban J connectivity index is 1.52. The van der Waals surface area contributed by atoms with Gasteiger partial charge in [-0.1, -0.05) is 22.9 Å². The molecular weight excluding hydrogens is 328 g/mol. The molecule has 1 heterocycles. The van der Waals surface area contributed by atoms with Gasteiger partial charge in [0.15, 0.2) is 9.84 Å². The van der Waals surface area contributed by atoms with Crippen molar-refractivity contribution in [1.82, 2.24) is 5.16 Å². The van der Waals surface area contributed by atoms with Crippen LogP contribution in [0.5, 0.6) is 0 Å². The van der Waals surface area contributed by atoms with Gasteiger partial charge >= 0.3 is 0 Å². The number of rotatable bonds is 6. The normalized spacial score (nSPS) is 13.7. The van der Waals surface area contributed by atoms with E-state index in [4.69, 9.17) is 4.52 Å². The average molecular weight is 348 g/mol. The van der Waals surface area contributed by atoms with Crippen molar-refractivity contribution in [3.05, 3.63) is 41.1 Å². The molecule has 1 aromatic heterocycles. The van der Waals surface area contributed by atoms with Crippen LogP contribution in [-0.4, -0.2) is 25.2 Å². The number of carbonyl (C=O) groups excluding carboxylic acids is 1. The Bertz CT molecular complexity index is 838. The molecule has 1 aliphatic rings. The number of sulfone groups is 1. The molecule has 0 bridgehead atoms. The molecule has 0 aliphatic heterocycles. The SMILES string of the molecule is Cc1ccc(S(=O)(=O)CCCC(=O)Nc2onc3c2CCC3)cc1. The van der Waals surface area contributed by atoms with Crippen LogP contribution in [0.3, 0.4) is 0 Å². The Hall–Kier alpha value is -2.15. The zero-order valence-electron chi connectivity index (χ0n) is 13.5. The highest BCUT2D eigenvalue weighted by molar-refractivity contribution is 7.91. The minimum Gasteiger partial charge on any atom is -0.338 e. The Morgan fingerprint density at radius 2 is 2.00 bits per heavy atom. The summed E-state index contributed by atoms with van der Waals surface area (Å²) in [6, 6.07) is 6.74. The molecule has 3 rings (SSSR count). The second kappa shape index (κ2) is 6.76. The van der Waals surface area contributed by atoms with E-state index >= 15 is 0 Å². The minimum atomic E-state index is -3.36. The first kappa shape index (κ1) is 16.7. The Morgan fingerprint density at radius 3 is 2.75 bits per heavy atom. The van der Waals surface area contributed by atoms with Crippen LogP contribution in [0.25, 0.3) is 0 Å². The number of benzene rings is 1. The van der Waals surface area contributed by atoms with Crippen molar-refractivity contribution >= 4 is 21.6 Å². The van der Waals surface area contributed by atoms with Gasteiger partial charge in [0.25, 0.3) is 0 Å². The van der Waals surface area contributed by atoms with Crippen LogP contribution in [0.15, 0.2) is 33.7 Å². The van der Waals surface area contributed by atoms with Gasteiger partial charge in [0.2, 0.25) is 11.8 Å². The number of aromatic nitrogens is 1. The number of hydrogen-bond acceptors (Lipinski definition) is 5. The summed E-state index contributed by atoms with van der Waals surface area (Å²) < 4.78 is 29.6. The van der Waals surface area contributed by atoms with Gasteiger partial charge in [-0.15, -0.1) is 0 Å². The molecule has 1 aromatic carbocycles. The molecule has 0 saturated carbocycles. The van der Waals surface area contributed by atoms with Crippen LogP contribution in [0, 0.1) is 6.92 Å². The third-order valence-corrected chi connectivity index (χ3v) is 5.98. The summed E-state index contributed by atoms with van der Waals surface area (Å²) in [5, 5.41) is 6.62. The van der Waals surface area contributed by atoms with Crippen molar-refractivity contribution in [2.24, 2.45) is 0 Å². The van der Waals surface area contributed by atoms with Gasteiger partial charge in [0.05, 0.1) is 16.3 Å². The smallest absolute Gasteiger partial charge is 0.234 e. The minimum absolute atomic E-state index is 0.0575. The number of fused-ring (bicyclic) bond motifs is 1. The number of nitrogens with one attached hydrogen (secondary N) is 1. The molecule has 1 aliphatic carbocycles. The van der Waals surface area contributed by atoms with Gasteiger partial charge in [-0.3, -0.25) is 10.1 Å². The Kier molecular flexibility index (Phi) is 4.71. The highest BCUT2D eigenvalue weighted by Gasteiger charge is 2.22. The molecule has 1 N–H and O–H groups in total. The van der Waals surface area contributed by atoms with Gasteiger partial charge in [0, 0.05) is 12.0 Å². The summed E-state index contributed by atoms with van der Waals surface area (Å²) in [5.41, 5.74) is 2.88. The monoisotopic (exact) mass is 348 g/mol. The van der Waals surface area contributed by atoms with Crippen molar-refractivity contribution in [2.75, 3.05) is 11.1 Å². The maximum atomic E-state index is 12.2. The van der Waals surface area contributed by atoms with E-state index in [1.54, 1.807) is 24.3 Å². The molecule has 2 aromatic rings. The Labute approximate surface area is 141 Å². The fourth-order valence-electron chi connectivity index (χ4n) is 2.80. The summed E-state index contributed by atoms with van der Waals surface area (Å²) in [5.74, 6) is 0.103. The lowest BCUT2D eigenvalue weighted by Crippen LogP contribution is -2.14. The average Bonchev–Trinajstić information content (AvgIpc) is 3.13. The number of amides is 1. The van der Waals surface area contributed by atoms with E-state index in [2.05, 4.69) is 10.5 Å². The number of hydrogen-bond donors (Lipinski definition) is 1. The van der Waals surface area contributed by atoms with Crippen molar-refractivity contribution in [3.63, 3.8) is 0 Å². The largest absolute Gasteiger partial charge is 0.338 e. The van der Waals surface area contributed by atoms with Crippen molar-refractivity contribution in [1.29, 1.82) is 0 Å². The van der Waals surface area contributed by atoms with Crippen molar-refractivity contribution < 1.29 is 17.7 Å². The maximum Gasteiger partial charge on any atom is 0.234 e. The fourth-order valence-corrected chi connectivity index (χ4v) is 4.11. The van der Waals surface area contributed by atoms with Crippen LogP contribution in [-0.2, 0) is 27.5 Å². The third-order valence-electron chi connectivity index (χ3n) is 4.16. The van der Waals surface area contributed by atoms with E-state index in [-0.39, 0.29) is 24.5 Å². The standard InChI is InChI=1S/C17H20N2O4S/c1-12-7-9-13(10-8-12)24(21,22)11-3-6-16(20)18-17-14-4-2-5-15(14)19-23-17/h7-10H,2-6,11H2,1H3,(H,18,20). The van der Waals surface area contributed by atoms with Gasteiger partial charge in [0.1, 0.15) is 0 Å². The molecule has 128 valence electrons. The zero-order chi connectivity index (χ0) is 17.2. The molecular formula is C17H20N2O4S. The quantitative estimate of drug-likeness (QED) is 0.867. The first-order valence-electron chi connectivity index (χ1n) is 8.02. The first-order chi connectivity index (χ1) is 11.5. The number of aryl methyl sites for hydroxylation is 2. The van der Waals surface area contributed by atoms with Crippen molar-refractivity contribution in [2.45, 2.75) is 43.9 Å². The predicted molar refractivity (Wildman–Crippen MR) is 89.6 cm³/mol. The lowest BCUT2D eigenvalue weighted by Gasteiger charge is -2.05. The van der Waals surface area contributed by atoms with Gasteiger partial charge in [-0.2, -0.15) is 0 Å². The van der Waals surface area contributed by atoms with E-state index in [1.807, 2.05) is 6.92 Å². The van der Waals surface area contributed by atoms with Crippen LogP contribution in [0.2, 0.25) is 0 Å². The van der Waals surface area contributed by atoms with Crippen LogP contribution in [0.1, 0.15) is 36.1 Å². The van der Waals surface area contributed by atoms with Crippen LogP contribution < -0.4 is 5.32 Å². The molecule has 7 heteroatoms. The summed E-state index contributed by atoms with van der Waals surface area (Å²) >= 11 is 0. The van der Waals surface area contributed by atoms with Crippen molar-refractivity contribution in [3.8, 4) is 0 Å². The number of nitrogens with zero attached hydrogens (tertiary/aromatic N) is 1. The van der Waals surface area contributed by atoms with E-state index in [0.29, 0.717) is 10.8 Å². The Morgan fingerprint density at radius 1 is 1.25 bits per heavy atom. The van der Waals surface area contributed by atoms with E-state index in [0.717, 1.165) is 36.1 Å².